The summed E-state index contributed by atoms with van der Waals surface area (Å²) >= 11 is 0. The molecule has 146 valence electrons. The van der Waals surface area contributed by atoms with Crippen molar-refractivity contribution in [1.29, 1.82) is 0 Å². The minimum atomic E-state index is -0.894. The molecule has 2 aromatic rings. The summed E-state index contributed by atoms with van der Waals surface area (Å²) in [6, 6.07) is 15.0. The number of ketones is 1. The van der Waals surface area contributed by atoms with Crippen LogP contribution in [-0.4, -0.2) is 32.6 Å². The third kappa shape index (κ3) is 3.79. The first kappa shape index (κ1) is 19.7. The molecule has 2 aromatic carbocycles. The molecule has 0 amide bonds. The van der Waals surface area contributed by atoms with Crippen molar-refractivity contribution in [2.75, 3.05) is 20.8 Å². The van der Waals surface area contributed by atoms with E-state index in [9.17, 15) is 9.59 Å². The number of ether oxygens (including phenoxy) is 3. The lowest BCUT2D eigenvalue weighted by Crippen LogP contribution is -2.34. The van der Waals surface area contributed by atoms with Crippen molar-refractivity contribution >= 4 is 17.3 Å². The van der Waals surface area contributed by atoms with Crippen LogP contribution in [-0.2, 0) is 14.3 Å². The minimum absolute atomic E-state index is 0.227. The molecule has 0 radical (unpaired) electrons. The van der Waals surface area contributed by atoms with Gasteiger partial charge in [-0.25, -0.2) is 0 Å². The molecule has 0 heterocycles. The molecule has 0 spiro atoms. The SMILES string of the molecule is CCOC(=O)[C@@H]1C(=O)C=C(c2ccccc2OC)C[C@@H]1c1ccccc1OC. The second kappa shape index (κ2) is 8.74. The lowest BCUT2D eigenvalue weighted by atomic mass is 9.73. The van der Waals surface area contributed by atoms with E-state index < -0.39 is 11.9 Å². The third-order valence-corrected chi connectivity index (χ3v) is 5.00. The van der Waals surface area contributed by atoms with Gasteiger partial charge in [-0.05, 0) is 42.7 Å². The molecule has 5 heteroatoms. The fraction of sp³-hybridized carbons (Fsp3) is 0.304. The third-order valence-electron chi connectivity index (χ3n) is 5.00. The van der Waals surface area contributed by atoms with Gasteiger partial charge in [-0.2, -0.15) is 0 Å². The Balaban J connectivity index is 2.10. The predicted octanol–water partition coefficient (Wildman–Crippen LogP) is 4.02. The molecular weight excluding hydrogens is 356 g/mol. The number of para-hydroxylation sites is 2. The molecule has 1 aliphatic carbocycles. The van der Waals surface area contributed by atoms with Crippen LogP contribution in [0.3, 0.4) is 0 Å². The quantitative estimate of drug-likeness (QED) is 0.559. The Hall–Kier alpha value is -3.08. The Labute approximate surface area is 164 Å². The number of esters is 1. The Morgan fingerprint density at radius 3 is 2.32 bits per heavy atom. The summed E-state index contributed by atoms with van der Waals surface area (Å²) in [6.07, 6.45) is 2.04. The van der Waals surface area contributed by atoms with E-state index >= 15 is 0 Å². The highest BCUT2D eigenvalue weighted by molar-refractivity contribution is 6.11. The van der Waals surface area contributed by atoms with E-state index in [-0.39, 0.29) is 18.3 Å². The predicted molar refractivity (Wildman–Crippen MR) is 106 cm³/mol. The van der Waals surface area contributed by atoms with Gasteiger partial charge in [-0.15, -0.1) is 0 Å². The molecule has 0 fully saturated rings. The minimum Gasteiger partial charge on any atom is -0.496 e. The maximum absolute atomic E-state index is 13.0. The highest BCUT2D eigenvalue weighted by Crippen LogP contribution is 2.44. The molecule has 3 rings (SSSR count). The van der Waals surface area contributed by atoms with Gasteiger partial charge in [0.05, 0.1) is 20.8 Å². The number of hydrogen-bond donors (Lipinski definition) is 0. The van der Waals surface area contributed by atoms with E-state index in [0.29, 0.717) is 17.9 Å². The number of carbonyl (C=O) groups excluding carboxylic acids is 2. The Morgan fingerprint density at radius 2 is 1.64 bits per heavy atom. The van der Waals surface area contributed by atoms with Crippen LogP contribution >= 0.6 is 0 Å². The number of methoxy groups -OCH3 is 2. The van der Waals surface area contributed by atoms with Crippen molar-refractivity contribution in [3.05, 3.63) is 65.7 Å². The molecule has 0 N–H and O–H groups in total. The molecule has 5 nitrogen and oxygen atoms in total. The van der Waals surface area contributed by atoms with Crippen LogP contribution in [0, 0.1) is 5.92 Å². The van der Waals surface area contributed by atoms with Crippen LogP contribution in [0.5, 0.6) is 11.5 Å². The monoisotopic (exact) mass is 380 g/mol. The first-order chi connectivity index (χ1) is 13.6. The average molecular weight is 380 g/mol. The van der Waals surface area contributed by atoms with E-state index in [2.05, 4.69) is 0 Å². The molecule has 28 heavy (non-hydrogen) atoms. The summed E-state index contributed by atoms with van der Waals surface area (Å²) in [6.45, 7) is 1.96. The number of hydrogen-bond acceptors (Lipinski definition) is 5. The lowest BCUT2D eigenvalue weighted by molar-refractivity contribution is -0.151. The molecule has 0 saturated heterocycles. The molecule has 0 aromatic heterocycles. The zero-order valence-electron chi connectivity index (χ0n) is 16.3. The summed E-state index contributed by atoms with van der Waals surface area (Å²) in [5.41, 5.74) is 2.50. The number of rotatable bonds is 6. The van der Waals surface area contributed by atoms with Gasteiger partial charge >= 0.3 is 5.97 Å². The van der Waals surface area contributed by atoms with Crippen LogP contribution in [0.2, 0.25) is 0 Å². The molecule has 0 saturated carbocycles. The van der Waals surface area contributed by atoms with Crippen LogP contribution in [0.1, 0.15) is 30.4 Å². The molecule has 0 unspecified atom stereocenters. The van der Waals surface area contributed by atoms with Gasteiger partial charge in [-0.3, -0.25) is 9.59 Å². The molecule has 1 aliphatic rings. The first-order valence-corrected chi connectivity index (χ1v) is 9.28. The van der Waals surface area contributed by atoms with Gasteiger partial charge in [-0.1, -0.05) is 36.4 Å². The molecular formula is C23H24O5. The van der Waals surface area contributed by atoms with E-state index in [0.717, 1.165) is 16.7 Å². The molecule has 0 aliphatic heterocycles. The zero-order valence-corrected chi connectivity index (χ0v) is 16.3. The Bertz CT molecular complexity index is 899. The van der Waals surface area contributed by atoms with Crippen molar-refractivity contribution in [3.8, 4) is 11.5 Å². The van der Waals surface area contributed by atoms with Gasteiger partial charge in [0.15, 0.2) is 5.78 Å². The summed E-state index contributed by atoms with van der Waals surface area (Å²) < 4.78 is 16.2. The van der Waals surface area contributed by atoms with E-state index in [1.54, 1.807) is 27.2 Å². The van der Waals surface area contributed by atoms with Crippen molar-refractivity contribution in [2.45, 2.75) is 19.3 Å². The van der Waals surface area contributed by atoms with Gasteiger partial charge in [0.2, 0.25) is 0 Å². The normalized spacial score (nSPS) is 19.0. The lowest BCUT2D eigenvalue weighted by Gasteiger charge is -2.30. The summed E-state index contributed by atoms with van der Waals surface area (Å²) in [7, 11) is 3.18. The van der Waals surface area contributed by atoms with E-state index in [4.69, 9.17) is 14.2 Å². The summed E-state index contributed by atoms with van der Waals surface area (Å²) in [5, 5.41) is 0. The largest absolute Gasteiger partial charge is 0.496 e. The molecule has 0 bridgehead atoms. The fourth-order valence-electron chi connectivity index (χ4n) is 3.75. The number of benzene rings is 2. The summed E-state index contributed by atoms with van der Waals surface area (Å²) in [4.78, 5) is 25.6. The Morgan fingerprint density at radius 1 is 1.00 bits per heavy atom. The topological polar surface area (TPSA) is 61.8 Å². The highest BCUT2D eigenvalue weighted by Gasteiger charge is 2.41. The van der Waals surface area contributed by atoms with Crippen LogP contribution in [0.15, 0.2) is 54.6 Å². The maximum Gasteiger partial charge on any atom is 0.317 e. The van der Waals surface area contributed by atoms with Crippen LogP contribution in [0.4, 0.5) is 0 Å². The fourth-order valence-corrected chi connectivity index (χ4v) is 3.75. The first-order valence-electron chi connectivity index (χ1n) is 9.28. The molecule has 2 atom stereocenters. The van der Waals surface area contributed by atoms with Crippen LogP contribution < -0.4 is 9.47 Å². The highest BCUT2D eigenvalue weighted by atomic mass is 16.5. The second-order valence-corrected chi connectivity index (χ2v) is 6.55. The smallest absolute Gasteiger partial charge is 0.317 e. The van der Waals surface area contributed by atoms with Crippen molar-refractivity contribution in [3.63, 3.8) is 0 Å². The van der Waals surface area contributed by atoms with Crippen molar-refractivity contribution < 1.29 is 23.8 Å². The van der Waals surface area contributed by atoms with Gasteiger partial charge in [0, 0.05) is 11.5 Å². The van der Waals surface area contributed by atoms with Gasteiger partial charge in [0.25, 0.3) is 0 Å². The average Bonchev–Trinajstić information content (AvgIpc) is 2.73. The maximum atomic E-state index is 13.0. The van der Waals surface area contributed by atoms with Crippen molar-refractivity contribution in [1.82, 2.24) is 0 Å². The Kier molecular flexibility index (Phi) is 6.14. The standard InChI is InChI=1S/C23H24O5/c1-4-28-23(25)22-18(17-10-6-8-12-21(17)27-3)13-15(14-19(22)24)16-9-5-7-11-20(16)26-2/h5-12,14,18,22H,4,13H2,1-3H3/t18-,22+/m1/s1. The second-order valence-electron chi connectivity index (χ2n) is 6.55. The summed E-state index contributed by atoms with van der Waals surface area (Å²) in [5.74, 6) is -0.701. The van der Waals surface area contributed by atoms with Gasteiger partial charge < -0.3 is 14.2 Å². The van der Waals surface area contributed by atoms with E-state index in [1.807, 2.05) is 48.5 Å². The van der Waals surface area contributed by atoms with Crippen LogP contribution in [0.25, 0.3) is 5.57 Å². The van der Waals surface area contributed by atoms with Gasteiger partial charge in [0.1, 0.15) is 17.4 Å². The zero-order chi connectivity index (χ0) is 20.1. The number of carbonyl (C=O) groups is 2. The van der Waals surface area contributed by atoms with E-state index in [1.165, 1.54) is 0 Å². The number of allylic oxidation sites excluding steroid dienone is 2. The van der Waals surface area contributed by atoms with Crippen molar-refractivity contribution in [2.24, 2.45) is 5.92 Å².